The number of methoxy groups -OCH3 is 1. The van der Waals surface area contributed by atoms with E-state index in [2.05, 4.69) is 26.7 Å². The van der Waals surface area contributed by atoms with E-state index in [1.165, 1.54) is 12.7 Å². The van der Waals surface area contributed by atoms with Crippen LogP contribution >= 0.6 is 15.9 Å². The summed E-state index contributed by atoms with van der Waals surface area (Å²) in [6.45, 7) is 1.88. The van der Waals surface area contributed by atoms with Gasteiger partial charge in [0.1, 0.15) is 0 Å². The predicted molar refractivity (Wildman–Crippen MR) is 71.7 cm³/mol. The normalized spacial score (nSPS) is 14.1. The first-order chi connectivity index (χ1) is 7.94. The molecular formula is C13H18BrNO2. The average Bonchev–Trinajstić information content (AvgIpc) is 2.27. The first kappa shape index (κ1) is 14.2. The van der Waals surface area contributed by atoms with Gasteiger partial charge in [0, 0.05) is 10.0 Å². The second kappa shape index (κ2) is 6.17. The van der Waals surface area contributed by atoms with Crippen molar-refractivity contribution in [1.82, 2.24) is 0 Å². The van der Waals surface area contributed by atoms with Gasteiger partial charge in [-0.05, 0) is 31.4 Å². The summed E-state index contributed by atoms with van der Waals surface area (Å²) in [4.78, 5) is 11.2. The molecule has 0 radical (unpaired) electrons. The van der Waals surface area contributed by atoms with Crippen LogP contribution in [0.2, 0.25) is 0 Å². The number of carbonyl (C=O) groups is 1. The summed E-state index contributed by atoms with van der Waals surface area (Å²) in [5, 5.41) is 0. The average molecular weight is 300 g/mol. The molecule has 0 unspecified atom stereocenters. The van der Waals surface area contributed by atoms with Crippen molar-refractivity contribution in [2.45, 2.75) is 31.7 Å². The second-order valence-corrected chi connectivity index (χ2v) is 5.35. The Morgan fingerprint density at radius 1 is 1.47 bits per heavy atom. The van der Waals surface area contributed by atoms with Crippen LogP contribution in [0.15, 0.2) is 28.7 Å². The highest BCUT2D eigenvalue weighted by molar-refractivity contribution is 9.10. The summed E-state index contributed by atoms with van der Waals surface area (Å²) >= 11 is 3.50. The van der Waals surface area contributed by atoms with E-state index in [0.29, 0.717) is 0 Å². The van der Waals surface area contributed by atoms with E-state index >= 15 is 0 Å². The number of esters is 1. The Balaban J connectivity index is 2.55. The van der Waals surface area contributed by atoms with E-state index in [0.717, 1.165) is 17.3 Å². The second-order valence-electron chi connectivity index (χ2n) is 4.50. The maximum Gasteiger partial charge on any atom is 0.307 e. The molecule has 1 aromatic rings. The summed E-state index contributed by atoms with van der Waals surface area (Å²) in [6, 6.07) is 8.03. The molecule has 0 aliphatic rings. The molecule has 17 heavy (non-hydrogen) atoms. The van der Waals surface area contributed by atoms with Gasteiger partial charge in [-0.1, -0.05) is 34.1 Å². The van der Waals surface area contributed by atoms with Gasteiger partial charge in [-0.3, -0.25) is 4.79 Å². The predicted octanol–water partition coefficient (Wildman–Crippen LogP) is 2.66. The van der Waals surface area contributed by atoms with E-state index < -0.39 is 5.54 Å². The Kier molecular flexibility index (Phi) is 5.15. The largest absolute Gasteiger partial charge is 0.469 e. The fraction of sp³-hybridized carbons (Fsp3) is 0.462. The Morgan fingerprint density at radius 3 is 2.71 bits per heavy atom. The van der Waals surface area contributed by atoms with Gasteiger partial charge >= 0.3 is 5.97 Å². The quantitative estimate of drug-likeness (QED) is 0.851. The lowest BCUT2D eigenvalue weighted by molar-refractivity contribution is -0.141. The summed E-state index contributed by atoms with van der Waals surface area (Å²) < 4.78 is 5.71. The number of aryl methyl sites for hydroxylation is 1. The molecule has 0 saturated heterocycles. The van der Waals surface area contributed by atoms with E-state index in [9.17, 15) is 4.79 Å². The van der Waals surface area contributed by atoms with Crippen molar-refractivity contribution in [3.05, 3.63) is 34.3 Å². The minimum absolute atomic E-state index is 0.244. The van der Waals surface area contributed by atoms with Gasteiger partial charge in [-0.2, -0.15) is 0 Å². The van der Waals surface area contributed by atoms with E-state index in [1.54, 1.807) is 0 Å². The fourth-order valence-corrected chi connectivity index (χ4v) is 2.09. The zero-order valence-corrected chi connectivity index (χ0v) is 11.8. The molecule has 0 bridgehead atoms. The molecule has 1 atom stereocenters. The third kappa shape index (κ3) is 4.88. The Bertz CT molecular complexity index is 391. The van der Waals surface area contributed by atoms with Crippen LogP contribution in [0.25, 0.3) is 0 Å². The first-order valence-electron chi connectivity index (χ1n) is 5.54. The van der Waals surface area contributed by atoms with Gasteiger partial charge in [-0.25, -0.2) is 0 Å². The standard InChI is InChI=1S/C13H18BrNO2/c1-13(15,9-12(16)17-2)8-7-10-5-3-4-6-11(10)14/h3-6H,7-9,15H2,1-2H3/t13-/m0/s1. The lowest BCUT2D eigenvalue weighted by Crippen LogP contribution is -2.39. The summed E-state index contributed by atoms with van der Waals surface area (Å²) in [5.74, 6) is -0.262. The maximum atomic E-state index is 11.2. The van der Waals surface area contributed by atoms with E-state index in [1.807, 2.05) is 25.1 Å². The maximum absolute atomic E-state index is 11.2. The smallest absolute Gasteiger partial charge is 0.307 e. The molecule has 0 amide bonds. The van der Waals surface area contributed by atoms with Crippen molar-refractivity contribution in [2.75, 3.05) is 7.11 Å². The number of halogens is 1. The third-order valence-electron chi connectivity index (χ3n) is 2.70. The van der Waals surface area contributed by atoms with Gasteiger partial charge < -0.3 is 10.5 Å². The molecule has 1 aromatic carbocycles. The molecule has 0 saturated carbocycles. The molecule has 0 fully saturated rings. The molecule has 2 N–H and O–H groups in total. The molecule has 0 aliphatic carbocycles. The van der Waals surface area contributed by atoms with Crippen molar-refractivity contribution in [1.29, 1.82) is 0 Å². The Labute approximate surface area is 110 Å². The van der Waals surface area contributed by atoms with Crippen molar-refractivity contribution in [3.8, 4) is 0 Å². The summed E-state index contributed by atoms with van der Waals surface area (Å²) in [5.41, 5.74) is 6.75. The van der Waals surface area contributed by atoms with Gasteiger partial charge in [-0.15, -0.1) is 0 Å². The molecule has 0 spiro atoms. The molecule has 94 valence electrons. The van der Waals surface area contributed by atoms with Crippen LogP contribution in [-0.4, -0.2) is 18.6 Å². The molecule has 0 aliphatic heterocycles. The fourth-order valence-electron chi connectivity index (χ4n) is 1.61. The minimum Gasteiger partial charge on any atom is -0.469 e. The van der Waals surface area contributed by atoms with E-state index in [4.69, 9.17) is 5.73 Å². The first-order valence-corrected chi connectivity index (χ1v) is 6.33. The molecule has 1 rings (SSSR count). The van der Waals surface area contributed by atoms with Crippen LogP contribution in [0.4, 0.5) is 0 Å². The van der Waals surface area contributed by atoms with Crippen molar-refractivity contribution in [2.24, 2.45) is 5.73 Å². The van der Waals surface area contributed by atoms with Crippen LogP contribution < -0.4 is 5.73 Å². The SMILES string of the molecule is COC(=O)C[C@@](C)(N)CCc1ccccc1Br. The Hall–Kier alpha value is -0.870. The molecule has 3 nitrogen and oxygen atoms in total. The molecular weight excluding hydrogens is 282 g/mol. The third-order valence-corrected chi connectivity index (χ3v) is 3.47. The summed E-state index contributed by atoms with van der Waals surface area (Å²) in [6.07, 6.45) is 1.82. The van der Waals surface area contributed by atoms with Crippen LogP contribution in [0.1, 0.15) is 25.3 Å². The number of rotatable bonds is 5. The molecule has 0 heterocycles. The van der Waals surface area contributed by atoms with Crippen molar-refractivity contribution >= 4 is 21.9 Å². The van der Waals surface area contributed by atoms with Crippen LogP contribution in [0.5, 0.6) is 0 Å². The highest BCUT2D eigenvalue weighted by Crippen LogP contribution is 2.21. The summed E-state index contributed by atoms with van der Waals surface area (Å²) in [7, 11) is 1.38. The van der Waals surface area contributed by atoms with Gasteiger partial charge in [0.25, 0.3) is 0 Å². The zero-order valence-electron chi connectivity index (χ0n) is 10.2. The molecule has 4 heteroatoms. The van der Waals surface area contributed by atoms with E-state index in [-0.39, 0.29) is 12.4 Å². The number of nitrogens with two attached hydrogens (primary N) is 1. The van der Waals surface area contributed by atoms with Gasteiger partial charge in [0.05, 0.1) is 13.5 Å². The number of ether oxygens (including phenoxy) is 1. The van der Waals surface area contributed by atoms with Crippen LogP contribution in [0, 0.1) is 0 Å². The van der Waals surface area contributed by atoms with Crippen molar-refractivity contribution < 1.29 is 9.53 Å². The number of hydrogen-bond donors (Lipinski definition) is 1. The lowest BCUT2D eigenvalue weighted by Gasteiger charge is -2.23. The van der Waals surface area contributed by atoms with Crippen molar-refractivity contribution in [3.63, 3.8) is 0 Å². The van der Waals surface area contributed by atoms with Crippen LogP contribution in [-0.2, 0) is 16.0 Å². The highest BCUT2D eigenvalue weighted by Gasteiger charge is 2.23. The highest BCUT2D eigenvalue weighted by atomic mass is 79.9. The monoisotopic (exact) mass is 299 g/mol. The zero-order chi connectivity index (χ0) is 12.9. The topological polar surface area (TPSA) is 52.3 Å². The Morgan fingerprint density at radius 2 is 2.12 bits per heavy atom. The minimum atomic E-state index is -0.525. The number of benzene rings is 1. The number of hydrogen-bond acceptors (Lipinski definition) is 3. The lowest BCUT2D eigenvalue weighted by atomic mass is 9.91. The van der Waals surface area contributed by atoms with Gasteiger partial charge in [0.15, 0.2) is 0 Å². The van der Waals surface area contributed by atoms with Crippen LogP contribution in [0.3, 0.4) is 0 Å². The van der Waals surface area contributed by atoms with Gasteiger partial charge in [0.2, 0.25) is 0 Å². The number of carbonyl (C=O) groups excluding carboxylic acids is 1. The molecule has 0 aromatic heterocycles.